The van der Waals surface area contributed by atoms with Gasteiger partial charge in [0.25, 0.3) is 0 Å². The zero-order valence-electron chi connectivity index (χ0n) is 9.71. The number of carboxylic acids is 1. The fourth-order valence-corrected chi connectivity index (χ4v) is 3.07. The van der Waals surface area contributed by atoms with Crippen LogP contribution in [-0.4, -0.2) is 39.8 Å². The zero-order chi connectivity index (χ0) is 13.3. The monoisotopic (exact) mass is 314 g/mol. The Labute approximate surface area is 113 Å². The Balaban J connectivity index is 2.18. The summed E-state index contributed by atoms with van der Waals surface area (Å²) in [7, 11) is 0. The van der Waals surface area contributed by atoms with Gasteiger partial charge in [0, 0.05) is 23.5 Å². The van der Waals surface area contributed by atoms with Crippen LogP contribution in [0.15, 0.2) is 24.3 Å². The van der Waals surface area contributed by atoms with Crippen LogP contribution in [0.5, 0.6) is 0 Å². The van der Waals surface area contributed by atoms with Crippen molar-refractivity contribution in [3.05, 3.63) is 29.8 Å². The maximum atomic E-state index is 10.8. The molecule has 6 heteroatoms. The van der Waals surface area contributed by atoms with E-state index in [-0.39, 0.29) is 10.4 Å². The summed E-state index contributed by atoms with van der Waals surface area (Å²) in [4.78, 5) is 12.8. The fourth-order valence-electron chi connectivity index (χ4n) is 2.16. The van der Waals surface area contributed by atoms with Crippen LogP contribution in [0.4, 0.5) is 5.69 Å². The number of nitrogens with zero attached hydrogens (tertiary/aromatic N) is 1. The summed E-state index contributed by atoms with van der Waals surface area (Å²) in [6.07, 6.45) is 0.497. The van der Waals surface area contributed by atoms with Gasteiger partial charge in [-0.05, 0) is 24.3 Å². The van der Waals surface area contributed by atoms with Crippen molar-refractivity contribution in [3.8, 4) is 0 Å². The second-order valence-corrected chi connectivity index (χ2v) is 5.93. The average molecular weight is 315 g/mol. The number of aromatic carboxylic acids is 1. The van der Waals surface area contributed by atoms with E-state index in [0.29, 0.717) is 13.0 Å². The Morgan fingerprint density at radius 1 is 1.44 bits per heavy atom. The number of benzene rings is 1. The molecule has 0 aromatic heterocycles. The number of halogens is 1. The van der Waals surface area contributed by atoms with Gasteiger partial charge in [-0.2, -0.15) is 0 Å². The van der Waals surface area contributed by atoms with E-state index in [1.807, 2.05) is 4.90 Å². The van der Waals surface area contributed by atoms with E-state index >= 15 is 0 Å². The number of rotatable bonds is 2. The minimum absolute atomic E-state index is 0.111. The van der Waals surface area contributed by atoms with Crippen molar-refractivity contribution in [2.24, 2.45) is 5.73 Å². The highest BCUT2D eigenvalue weighted by molar-refractivity contribution is 9.09. The van der Waals surface area contributed by atoms with Crippen LogP contribution >= 0.6 is 15.9 Å². The van der Waals surface area contributed by atoms with Gasteiger partial charge >= 0.3 is 5.97 Å². The quantitative estimate of drug-likeness (QED) is 0.560. The van der Waals surface area contributed by atoms with Gasteiger partial charge in [0.15, 0.2) is 0 Å². The molecule has 0 saturated carbocycles. The molecule has 1 heterocycles. The van der Waals surface area contributed by atoms with E-state index in [1.165, 1.54) is 0 Å². The Hall–Kier alpha value is -1.11. The molecule has 0 spiro atoms. The third kappa shape index (κ3) is 3.01. The maximum Gasteiger partial charge on any atom is 0.335 e. The molecule has 18 heavy (non-hydrogen) atoms. The second-order valence-electron chi connectivity index (χ2n) is 4.64. The summed E-state index contributed by atoms with van der Waals surface area (Å²) in [6.45, 7) is 1.06. The standard InChI is InChI=1S/C12H15BrN2O3/c13-9-5-12(14,18)7-15(6-9)10-3-1-8(2-4-10)11(16)17/h1-4,9,18H,5-7,14H2,(H,16,17). The van der Waals surface area contributed by atoms with E-state index in [4.69, 9.17) is 10.8 Å². The third-order valence-electron chi connectivity index (χ3n) is 2.94. The molecular formula is C12H15BrN2O3. The van der Waals surface area contributed by atoms with Crippen LogP contribution in [0.3, 0.4) is 0 Å². The number of β-amino-alcohol motifs (C(OH)–C–C–N with tert-alkyl or cyclic N) is 1. The number of aliphatic hydroxyl groups is 1. The van der Waals surface area contributed by atoms with Gasteiger partial charge in [0.1, 0.15) is 5.72 Å². The predicted octanol–water partition coefficient (Wildman–Crippen LogP) is 1.01. The number of piperidine rings is 1. The van der Waals surface area contributed by atoms with Crippen molar-refractivity contribution in [1.82, 2.24) is 0 Å². The van der Waals surface area contributed by atoms with E-state index in [9.17, 15) is 9.90 Å². The first-order valence-corrected chi connectivity index (χ1v) is 6.52. The number of alkyl halides is 1. The zero-order valence-corrected chi connectivity index (χ0v) is 11.3. The van der Waals surface area contributed by atoms with Crippen LogP contribution < -0.4 is 10.6 Å². The lowest BCUT2D eigenvalue weighted by Gasteiger charge is -2.40. The van der Waals surface area contributed by atoms with Gasteiger partial charge in [-0.25, -0.2) is 4.79 Å². The van der Waals surface area contributed by atoms with Crippen molar-refractivity contribution in [3.63, 3.8) is 0 Å². The number of carboxylic acid groups (broad SMARTS) is 1. The first kappa shape index (κ1) is 13.3. The normalized spacial score (nSPS) is 28.2. The largest absolute Gasteiger partial charge is 0.478 e. The first-order valence-electron chi connectivity index (χ1n) is 5.61. The smallest absolute Gasteiger partial charge is 0.335 e. The summed E-state index contributed by atoms with van der Waals surface area (Å²) in [6, 6.07) is 6.55. The van der Waals surface area contributed by atoms with Gasteiger partial charge in [0.05, 0.1) is 12.1 Å². The SMILES string of the molecule is NC1(O)CC(Br)CN(c2ccc(C(=O)O)cc2)C1. The van der Waals surface area contributed by atoms with Crippen LogP contribution in [0.1, 0.15) is 16.8 Å². The molecule has 1 aliphatic heterocycles. The number of hydrogen-bond acceptors (Lipinski definition) is 4. The van der Waals surface area contributed by atoms with Crippen LogP contribution in [0, 0.1) is 0 Å². The molecule has 0 amide bonds. The molecule has 2 atom stereocenters. The fraction of sp³-hybridized carbons (Fsp3) is 0.417. The second kappa shape index (κ2) is 4.87. The molecule has 1 aliphatic rings. The van der Waals surface area contributed by atoms with Crippen LogP contribution in [-0.2, 0) is 0 Å². The lowest BCUT2D eigenvalue weighted by Crippen LogP contribution is -2.57. The Morgan fingerprint density at radius 3 is 2.56 bits per heavy atom. The number of nitrogens with two attached hydrogens (primary N) is 1. The number of carbonyl (C=O) groups is 1. The Bertz CT molecular complexity index is 447. The van der Waals surface area contributed by atoms with Gasteiger partial charge in [-0.1, -0.05) is 15.9 Å². The molecule has 0 aliphatic carbocycles. The molecular weight excluding hydrogens is 300 g/mol. The molecule has 4 N–H and O–H groups in total. The molecule has 1 fully saturated rings. The average Bonchev–Trinajstić information content (AvgIpc) is 2.26. The minimum Gasteiger partial charge on any atom is -0.478 e. The van der Waals surface area contributed by atoms with Gasteiger partial charge in [0.2, 0.25) is 0 Å². The molecule has 0 bridgehead atoms. The Kier molecular flexibility index (Phi) is 3.61. The van der Waals surface area contributed by atoms with E-state index in [1.54, 1.807) is 24.3 Å². The van der Waals surface area contributed by atoms with Crippen LogP contribution in [0.25, 0.3) is 0 Å². The summed E-state index contributed by atoms with van der Waals surface area (Å²) >= 11 is 3.46. The predicted molar refractivity (Wildman–Crippen MR) is 72.1 cm³/mol. The lowest BCUT2D eigenvalue weighted by atomic mass is 10.0. The van der Waals surface area contributed by atoms with Crippen molar-refractivity contribution in [1.29, 1.82) is 0 Å². The first-order chi connectivity index (χ1) is 8.37. The topological polar surface area (TPSA) is 86.8 Å². The molecule has 1 aromatic carbocycles. The molecule has 5 nitrogen and oxygen atoms in total. The molecule has 1 saturated heterocycles. The highest BCUT2D eigenvalue weighted by Crippen LogP contribution is 2.27. The van der Waals surface area contributed by atoms with Gasteiger partial charge in [-0.15, -0.1) is 0 Å². The van der Waals surface area contributed by atoms with Crippen molar-refractivity contribution >= 4 is 27.6 Å². The van der Waals surface area contributed by atoms with Crippen molar-refractivity contribution in [2.45, 2.75) is 17.0 Å². The number of anilines is 1. The van der Waals surface area contributed by atoms with Crippen LogP contribution in [0.2, 0.25) is 0 Å². The molecule has 1 aromatic rings. The summed E-state index contributed by atoms with van der Waals surface area (Å²) in [5.41, 5.74) is 5.64. The number of hydrogen-bond donors (Lipinski definition) is 3. The molecule has 2 rings (SSSR count). The van der Waals surface area contributed by atoms with E-state index in [2.05, 4.69) is 15.9 Å². The lowest BCUT2D eigenvalue weighted by molar-refractivity contribution is 0.0351. The highest BCUT2D eigenvalue weighted by atomic mass is 79.9. The van der Waals surface area contributed by atoms with E-state index in [0.717, 1.165) is 12.2 Å². The van der Waals surface area contributed by atoms with Crippen molar-refractivity contribution in [2.75, 3.05) is 18.0 Å². The van der Waals surface area contributed by atoms with Crippen molar-refractivity contribution < 1.29 is 15.0 Å². The minimum atomic E-state index is -1.22. The van der Waals surface area contributed by atoms with E-state index < -0.39 is 11.7 Å². The maximum absolute atomic E-state index is 10.8. The summed E-state index contributed by atoms with van der Waals surface area (Å²) in [5.74, 6) is -0.950. The molecule has 98 valence electrons. The highest BCUT2D eigenvalue weighted by Gasteiger charge is 2.34. The summed E-state index contributed by atoms with van der Waals surface area (Å²) in [5, 5.41) is 18.8. The molecule has 0 radical (unpaired) electrons. The molecule has 2 unspecified atom stereocenters. The summed E-state index contributed by atoms with van der Waals surface area (Å²) < 4.78 is 0. The van der Waals surface area contributed by atoms with Gasteiger partial charge in [-0.3, -0.25) is 0 Å². The third-order valence-corrected chi connectivity index (χ3v) is 3.55. The van der Waals surface area contributed by atoms with Gasteiger partial charge < -0.3 is 20.8 Å². The Morgan fingerprint density at radius 2 is 2.06 bits per heavy atom.